The molecular formula is C16H19ClFNO2. The Bertz CT molecular complexity index is 579. The van der Waals surface area contributed by atoms with Crippen LogP contribution in [0.5, 0.6) is 0 Å². The first kappa shape index (κ1) is 14.8. The molecule has 3 nitrogen and oxygen atoms in total. The second kappa shape index (κ2) is 5.25. The molecule has 1 saturated carbocycles. The van der Waals surface area contributed by atoms with E-state index in [-0.39, 0.29) is 17.0 Å². The molecule has 2 fully saturated rings. The van der Waals surface area contributed by atoms with Crippen molar-refractivity contribution in [3.8, 4) is 0 Å². The van der Waals surface area contributed by atoms with Crippen LogP contribution in [0.1, 0.15) is 37.8 Å². The molecule has 2 aliphatic rings. The number of hydrogen-bond donors (Lipinski definition) is 1. The Kier molecular flexibility index (Phi) is 3.70. The fourth-order valence-electron chi connectivity index (χ4n) is 3.96. The van der Waals surface area contributed by atoms with Crippen molar-refractivity contribution >= 4 is 17.6 Å². The van der Waals surface area contributed by atoms with Gasteiger partial charge in [-0.05, 0) is 43.4 Å². The number of fused-ring (bicyclic) bond motifs is 1. The zero-order chi connectivity index (χ0) is 15.2. The van der Waals surface area contributed by atoms with E-state index in [4.69, 9.17) is 11.6 Å². The summed E-state index contributed by atoms with van der Waals surface area (Å²) >= 11 is 5.85. The molecule has 3 atom stereocenters. The van der Waals surface area contributed by atoms with Crippen molar-refractivity contribution in [2.45, 2.75) is 32.2 Å². The lowest BCUT2D eigenvalue weighted by atomic mass is 9.81. The van der Waals surface area contributed by atoms with Gasteiger partial charge in [0, 0.05) is 19.1 Å². The summed E-state index contributed by atoms with van der Waals surface area (Å²) in [7, 11) is 0. The van der Waals surface area contributed by atoms with E-state index < -0.39 is 17.2 Å². The zero-order valence-electron chi connectivity index (χ0n) is 12.0. The normalized spacial score (nSPS) is 30.3. The Hall–Kier alpha value is -1.13. The minimum absolute atomic E-state index is 0.0462. The van der Waals surface area contributed by atoms with E-state index in [1.54, 1.807) is 12.1 Å². The number of hydrogen-bond acceptors (Lipinski definition) is 2. The summed E-state index contributed by atoms with van der Waals surface area (Å²) in [6.07, 6.45) is 2.75. The Morgan fingerprint density at radius 3 is 2.95 bits per heavy atom. The van der Waals surface area contributed by atoms with Gasteiger partial charge in [0.15, 0.2) is 0 Å². The maximum absolute atomic E-state index is 13.3. The quantitative estimate of drug-likeness (QED) is 0.924. The van der Waals surface area contributed by atoms with Gasteiger partial charge in [-0.3, -0.25) is 9.69 Å². The average Bonchev–Trinajstić information content (AvgIpc) is 2.98. The van der Waals surface area contributed by atoms with Crippen LogP contribution in [0.25, 0.3) is 0 Å². The molecule has 0 radical (unpaired) electrons. The second-order valence-corrected chi connectivity index (χ2v) is 6.74. The highest BCUT2D eigenvalue weighted by Gasteiger charge is 2.55. The van der Waals surface area contributed by atoms with Gasteiger partial charge >= 0.3 is 5.97 Å². The molecule has 1 unspecified atom stereocenters. The molecule has 0 spiro atoms. The molecule has 5 heteroatoms. The van der Waals surface area contributed by atoms with Crippen molar-refractivity contribution in [1.82, 2.24) is 4.90 Å². The summed E-state index contributed by atoms with van der Waals surface area (Å²) in [4.78, 5) is 13.9. The van der Waals surface area contributed by atoms with Gasteiger partial charge in [-0.25, -0.2) is 4.39 Å². The van der Waals surface area contributed by atoms with Crippen molar-refractivity contribution in [2.75, 3.05) is 13.1 Å². The molecule has 0 aromatic heterocycles. The lowest BCUT2D eigenvalue weighted by Gasteiger charge is -2.27. The Morgan fingerprint density at radius 2 is 2.33 bits per heavy atom. The third-order valence-corrected chi connectivity index (χ3v) is 5.59. The van der Waals surface area contributed by atoms with Gasteiger partial charge in [-0.1, -0.05) is 24.1 Å². The molecule has 1 aliphatic carbocycles. The van der Waals surface area contributed by atoms with Crippen LogP contribution in [-0.4, -0.2) is 29.1 Å². The molecule has 0 bridgehead atoms. The number of nitrogens with zero attached hydrogens (tertiary/aromatic N) is 1. The first-order chi connectivity index (χ1) is 9.94. The molecule has 1 N–H and O–H groups in total. The number of carboxylic acids is 1. The minimum Gasteiger partial charge on any atom is -0.481 e. The van der Waals surface area contributed by atoms with Crippen molar-refractivity contribution in [3.63, 3.8) is 0 Å². The molecule has 0 amide bonds. The Labute approximate surface area is 128 Å². The van der Waals surface area contributed by atoms with E-state index in [1.165, 1.54) is 6.07 Å². The SMILES string of the molecule is CC(c1ccc(F)c(Cl)c1)N1C[C@@H]2CCC[C@@]2(C(=O)O)C1. The van der Waals surface area contributed by atoms with Crippen LogP contribution < -0.4 is 0 Å². The van der Waals surface area contributed by atoms with Crippen LogP contribution in [-0.2, 0) is 4.79 Å². The topological polar surface area (TPSA) is 40.5 Å². The summed E-state index contributed by atoms with van der Waals surface area (Å²) in [6, 6.07) is 4.79. The Balaban J connectivity index is 1.82. The van der Waals surface area contributed by atoms with Crippen molar-refractivity contribution in [3.05, 3.63) is 34.6 Å². The summed E-state index contributed by atoms with van der Waals surface area (Å²) < 4.78 is 13.3. The standard InChI is InChI=1S/C16H19ClFNO2/c1-10(11-4-5-14(18)13(17)7-11)19-8-12-3-2-6-16(12,9-19)15(20)21/h4-5,7,10,12H,2-3,6,8-9H2,1H3,(H,20,21)/t10?,12-,16+/m0/s1. The first-order valence-electron chi connectivity index (χ1n) is 7.36. The van der Waals surface area contributed by atoms with Gasteiger partial charge in [-0.2, -0.15) is 0 Å². The molecule has 1 aromatic rings. The fraction of sp³-hybridized carbons (Fsp3) is 0.562. The summed E-state index contributed by atoms with van der Waals surface area (Å²) in [5.41, 5.74) is 0.347. The highest BCUT2D eigenvalue weighted by Crippen LogP contribution is 2.50. The maximum atomic E-state index is 13.3. The van der Waals surface area contributed by atoms with Crippen LogP contribution >= 0.6 is 11.6 Å². The van der Waals surface area contributed by atoms with Gasteiger partial charge in [-0.15, -0.1) is 0 Å². The number of aliphatic carboxylic acids is 1. The van der Waals surface area contributed by atoms with E-state index in [0.717, 1.165) is 31.4 Å². The molecular weight excluding hydrogens is 293 g/mol. The average molecular weight is 312 g/mol. The predicted molar refractivity (Wildman–Crippen MR) is 78.8 cm³/mol. The lowest BCUT2D eigenvalue weighted by Crippen LogP contribution is -2.36. The minimum atomic E-state index is -0.670. The smallest absolute Gasteiger partial charge is 0.311 e. The van der Waals surface area contributed by atoms with Crippen LogP contribution in [0, 0.1) is 17.2 Å². The lowest BCUT2D eigenvalue weighted by molar-refractivity contribution is -0.149. The van der Waals surface area contributed by atoms with Crippen LogP contribution in [0.4, 0.5) is 4.39 Å². The number of benzene rings is 1. The van der Waals surface area contributed by atoms with Gasteiger partial charge in [0.1, 0.15) is 5.82 Å². The number of likely N-dealkylation sites (tertiary alicyclic amines) is 1. The highest BCUT2D eigenvalue weighted by atomic mass is 35.5. The first-order valence-corrected chi connectivity index (χ1v) is 7.74. The molecule has 3 rings (SSSR count). The van der Waals surface area contributed by atoms with Crippen LogP contribution in [0.15, 0.2) is 18.2 Å². The second-order valence-electron chi connectivity index (χ2n) is 6.33. The maximum Gasteiger partial charge on any atom is 0.311 e. The van der Waals surface area contributed by atoms with Gasteiger partial charge < -0.3 is 5.11 Å². The third-order valence-electron chi connectivity index (χ3n) is 5.30. The predicted octanol–water partition coefficient (Wildman–Crippen LogP) is 3.73. The highest BCUT2D eigenvalue weighted by molar-refractivity contribution is 6.30. The Morgan fingerprint density at radius 1 is 1.57 bits per heavy atom. The fourth-order valence-corrected chi connectivity index (χ4v) is 4.14. The summed E-state index contributed by atoms with van der Waals surface area (Å²) in [6.45, 7) is 3.39. The molecule has 1 aliphatic heterocycles. The summed E-state index contributed by atoms with van der Waals surface area (Å²) in [5.74, 6) is -0.863. The van der Waals surface area contributed by atoms with E-state index in [2.05, 4.69) is 4.90 Å². The van der Waals surface area contributed by atoms with E-state index in [9.17, 15) is 14.3 Å². The van der Waals surface area contributed by atoms with E-state index >= 15 is 0 Å². The van der Waals surface area contributed by atoms with Crippen molar-refractivity contribution in [2.24, 2.45) is 11.3 Å². The van der Waals surface area contributed by atoms with Crippen molar-refractivity contribution in [1.29, 1.82) is 0 Å². The molecule has 1 heterocycles. The van der Waals surface area contributed by atoms with E-state index in [0.29, 0.717) is 6.54 Å². The monoisotopic (exact) mass is 311 g/mol. The number of halogens is 2. The largest absolute Gasteiger partial charge is 0.481 e. The molecule has 114 valence electrons. The summed E-state index contributed by atoms with van der Waals surface area (Å²) in [5, 5.41) is 9.74. The number of carbonyl (C=O) groups is 1. The van der Waals surface area contributed by atoms with Gasteiger partial charge in [0.05, 0.1) is 10.4 Å². The van der Waals surface area contributed by atoms with Crippen LogP contribution in [0.2, 0.25) is 5.02 Å². The van der Waals surface area contributed by atoms with Crippen molar-refractivity contribution < 1.29 is 14.3 Å². The van der Waals surface area contributed by atoms with E-state index in [1.807, 2.05) is 6.92 Å². The van der Waals surface area contributed by atoms with Gasteiger partial charge in [0.25, 0.3) is 0 Å². The van der Waals surface area contributed by atoms with Crippen LogP contribution in [0.3, 0.4) is 0 Å². The van der Waals surface area contributed by atoms with Gasteiger partial charge in [0.2, 0.25) is 0 Å². The third kappa shape index (κ3) is 2.34. The number of rotatable bonds is 3. The zero-order valence-corrected chi connectivity index (χ0v) is 12.7. The number of carboxylic acid groups (broad SMARTS) is 1. The molecule has 1 saturated heterocycles. The molecule has 1 aromatic carbocycles. The molecule has 21 heavy (non-hydrogen) atoms.